The Hall–Kier alpha value is -2.41. The SMILES string of the molecule is CC(C)(C)OC=O.COc1ccc(Cc2noc(C3CCNCC3)n2)cc1. The highest BCUT2D eigenvalue weighted by atomic mass is 16.5. The summed E-state index contributed by atoms with van der Waals surface area (Å²) in [5.41, 5.74) is 0.838. The minimum Gasteiger partial charge on any atom is -0.497 e. The fraction of sp³-hybridized carbons (Fsp3) is 0.550. The fourth-order valence-corrected chi connectivity index (χ4v) is 2.64. The molecule has 1 fully saturated rings. The lowest BCUT2D eigenvalue weighted by Gasteiger charge is -2.18. The van der Waals surface area contributed by atoms with Gasteiger partial charge in [0.15, 0.2) is 5.82 Å². The molecule has 1 aromatic carbocycles. The zero-order chi connectivity index (χ0) is 19.7. The van der Waals surface area contributed by atoms with Crippen LogP contribution in [-0.2, 0) is 16.0 Å². The maximum absolute atomic E-state index is 9.60. The van der Waals surface area contributed by atoms with Crippen LogP contribution in [0.4, 0.5) is 0 Å². The minimum atomic E-state index is -0.318. The van der Waals surface area contributed by atoms with Gasteiger partial charge in [0, 0.05) is 12.3 Å². The molecule has 0 atom stereocenters. The van der Waals surface area contributed by atoms with Gasteiger partial charge in [-0.15, -0.1) is 0 Å². The molecular formula is C20H29N3O4. The van der Waals surface area contributed by atoms with Gasteiger partial charge in [0.1, 0.15) is 11.4 Å². The summed E-state index contributed by atoms with van der Waals surface area (Å²) in [6.45, 7) is 7.98. The number of benzene rings is 1. The summed E-state index contributed by atoms with van der Waals surface area (Å²) in [6, 6.07) is 7.95. The molecule has 1 N–H and O–H groups in total. The molecule has 1 aliphatic heterocycles. The number of piperidine rings is 1. The molecule has 7 heteroatoms. The van der Waals surface area contributed by atoms with Crippen molar-refractivity contribution >= 4 is 6.47 Å². The van der Waals surface area contributed by atoms with E-state index in [1.165, 1.54) is 0 Å². The normalized spacial score (nSPS) is 14.8. The van der Waals surface area contributed by atoms with Gasteiger partial charge in [0.05, 0.1) is 7.11 Å². The van der Waals surface area contributed by atoms with Crippen molar-refractivity contribution in [1.82, 2.24) is 15.5 Å². The number of hydrogen-bond donors (Lipinski definition) is 1. The van der Waals surface area contributed by atoms with Crippen LogP contribution >= 0.6 is 0 Å². The second-order valence-corrected chi connectivity index (χ2v) is 7.42. The molecule has 0 aliphatic carbocycles. The van der Waals surface area contributed by atoms with Crippen LogP contribution in [0.25, 0.3) is 0 Å². The monoisotopic (exact) mass is 375 g/mol. The van der Waals surface area contributed by atoms with Crippen LogP contribution < -0.4 is 10.1 Å². The van der Waals surface area contributed by atoms with Crippen molar-refractivity contribution < 1.29 is 18.8 Å². The van der Waals surface area contributed by atoms with Gasteiger partial charge in [0.2, 0.25) is 5.89 Å². The molecule has 2 heterocycles. The van der Waals surface area contributed by atoms with E-state index in [1.54, 1.807) is 7.11 Å². The Kier molecular flexibility index (Phi) is 7.79. The van der Waals surface area contributed by atoms with Crippen molar-refractivity contribution in [2.45, 2.75) is 51.6 Å². The van der Waals surface area contributed by atoms with E-state index in [4.69, 9.17) is 9.26 Å². The molecule has 1 aromatic heterocycles. The highest BCUT2D eigenvalue weighted by Crippen LogP contribution is 2.24. The molecule has 0 amide bonds. The standard InChI is InChI=1S/C15H19N3O2.C5H10O2/c1-19-13-4-2-11(3-5-13)10-14-17-15(20-18-14)12-6-8-16-9-7-12;1-5(2,3)7-4-6/h2-5,12,16H,6-10H2,1H3;4H,1-3H3. The first kappa shape index (κ1) is 20.9. The second-order valence-electron chi connectivity index (χ2n) is 7.42. The number of nitrogens with zero attached hydrogens (tertiary/aromatic N) is 2. The fourth-order valence-electron chi connectivity index (χ4n) is 2.64. The number of carbonyl (C=O) groups is 1. The molecule has 0 radical (unpaired) electrons. The average Bonchev–Trinajstić information content (AvgIpc) is 3.11. The van der Waals surface area contributed by atoms with Crippen molar-refractivity contribution in [2.75, 3.05) is 20.2 Å². The predicted molar refractivity (Wildman–Crippen MR) is 102 cm³/mol. The zero-order valence-corrected chi connectivity index (χ0v) is 16.5. The molecule has 0 spiro atoms. The first-order valence-electron chi connectivity index (χ1n) is 9.19. The first-order valence-corrected chi connectivity index (χ1v) is 9.19. The van der Waals surface area contributed by atoms with Gasteiger partial charge in [-0.25, -0.2) is 0 Å². The Morgan fingerprint density at radius 1 is 1.22 bits per heavy atom. The highest BCUT2D eigenvalue weighted by Gasteiger charge is 2.21. The Bertz CT molecular complexity index is 686. The van der Waals surface area contributed by atoms with Crippen molar-refractivity contribution in [2.24, 2.45) is 0 Å². The Labute approximate surface area is 160 Å². The van der Waals surface area contributed by atoms with Crippen molar-refractivity contribution in [3.05, 3.63) is 41.5 Å². The summed E-state index contributed by atoms with van der Waals surface area (Å²) in [6.07, 6.45) is 2.84. The van der Waals surface area contributed by atoms with Crippen LogP contribution in [0.1, 0.15) is 56.8 Å². The number of nitrogens with one attached hydrogen (secondary N) is 1. The van der Waals surface area contributed by atoms with Gasteiger partial charge >= 0.3 is 0 Å². The Morgan fingerprint density at radius 3 is 2.41 bits per heavy atom. The van der Waals surface area contributed by atoms with Gasteiger partial charge in [-0.05, 0) is 64.4 Å². The molecule has 1 saturated heterocycles. The van der Waals surface area contributed by atoms with Crippen LogP contribution in [0.3, 0.4) is 0 Å². The van der Waals surface area contributed by atoms with E-state index in [1.807, 2.05) is 45.0 Å². The van der Waals surface area contributed by atoms with Crippen LogP contribution in [0.2, 0.25) is 0 Å². The lowest BCUT2D eigenvalue weighted by atomic mass is 9.98. The summed E-state index contributed by atoms with van der Waals surface area (Å²) in [4.78, 5) is 14.1. The van der Waals surface area contributed by atoms with Crippen molar-refractivity contribution in [1.29, 1.82) is 0 Å². The number of ether oxygens (including phenoxy) is 2. The zero-order valence-electron chi connectivity index (χ0n) is 16.5. The number of carbonyl (C=O) groups excluding carboxylic acids is 1. The maximum Gasteiger partial charge on any atom is 0.293 e. The number of rotatable bonds is 5. The van der Waals surface area contributed by atoms with Gasteiger partial charge in [-0.3, -0.25) is 4.79 Å². The summed E-state index contributed by atoms with van der Waals surface area (Å²) < 4.78 is 15.1. The lowest BCUT2D eigenvalue weighted by Crippen LogP contribution is -2.26. The molecule has 1 aliphatic rings. The van der Waals surface area contributed by atoms with E-state index >= 15 is 0 Å². The maximum atomic E-state index is 9.60. The van der Waals surface area contributed by atoms with E-state index in [0.29, 0.717) is 18.8 Å². The van der Waals surface area contributed by atoms with Crippen molar-refractivity contribution in [3.8, 4) is 5.75 Å². The third-order valence-corrected chi connectivity index (χ3v) is 4.10. The van der Waals surface area contributed by atoms with E-state index in [0.717, 1.165) is 49.0 Å². The van der Waals surface area contributed by atoms with Gasteiger partial charge in [-0.1, -0.05) is 17.3 Å². The second kappa shape index (κ2) is 10.1. The van der Waals surface area contributed by atoms with E-state index in [-0.39, 0.29) is 5.60 Å². The topological polar surface area (TPSA) is 86.5 Å². The first-order chi connectivity index (χ1) is 12.9. The molecule has 0 bridgehead atoms. The van der Waals surface area contributed by atoms with Crippen LogP contribution in [0.5, 0.6) is 5.75 Å². The smallest absolute Gasteiger partial charge is 0.293 e. The summed E-state index contributed by atoms with van der Waals surface area (Å²) in [7, 11) is 1.67. The van der Waals surface area contributed by atoms with E-state index in [9.17, 15) is 4.79 Å². The highest BCUT2D eigenvalue weighted by molar-refractivity contribution is 5.37. The largest absolute Gasteiger partial charge is 0.497 e. The molecule has 3 rings (SSSR count). The quantitative estimate of drug-likeness (QED) is 0.804. The van der Waals surface area contributed by atoms with Crippen LogP contribution in [0.15, 0.2) is 28.8 Å². The molecular weight excluding hydrogens is 346 g/mol. The third kappa shape index (κ3) is 7.38. The number of aromatic nitrogens is 2. The molecule has 27 heavy (non-hydrogen) atoms. The predicted octanol–water partition coefficient (Wildman–Crippen LogP) is 3.09. The van der Waals surface area contributed by atoms with Crippen LogP contribution in [-0.4, -0.2) is 42.4 Å². The molecule has 2 aromatic rings. The van der Waals surface area contributed by atoms with E-state index in [2.05, 4.69) is 20.2 Å². The Morgan fingerprint density at radius 2 is 1.89 bits per heavy atom. The minimum absolute atomic E-state index is 0.318. The lowest BCUT2D eigenvalue weighted by molar-refractivity contribution is -0.138. The number of methoxy groups -OCH3 is 1. The van der Waals surface area contributed by atoms with Crippen LogP contribution in [0, 0.1) is 0 Å². The third-order valence-electron chi connectivity index (χ3n) is 4.10. The molecule has 148 valence electrons. The van der Waals surface area contributed by atoms with Gasteiger partial charge in [-0.2, -0.15) is 4.98 Å². The van der Waals surface area contributed by atoms with Crippen molar-refractivity contribution in [3.63, 3.8) is 0 Å². The summed E-state index contributed by atoms with van der Waals surface area (Å²) in [5, 5.41) is 7.43. The average molecular weight is 375 g/mol. The van der Waals surface area contributed by atoms with E-state index < -0.39 is 0 Å². The molecule has 7 nitrogen and oxygen atoms in total. The molecule has 0 unspecified atom stereocenters. The summed E-state index contributed by atoms with van der Waals surface area (Å²) >= 11 is 0. The number of hydrogen-bond acceptors (Lipinski definition) is 7. The molecule has 0 saturated carbocycles. The van der Waals surface area contributed by atoms with Gasteiger partial charge < -0.3 is 19.3 Å². The van der Waals surface area contributed by atoms with Gasteiger partial charge in [0.25, 0.3) is 6.47 Å². The Balaban J connectivity index is 0.000000321. The summed E-state index contributed by atoms with van der Waals surface area (Å²) in [5.74, 6) is 2.81.